The number of carbonyl (C=O) groups is 1. The Morgan fingerprint density at radius 3 is 2.17 bits per heavy atom. The lowest BCUT2D eigenvalue weighted by atomic mass is 9.60. The van der Waals surface area contributed by atoms with Gasteiger partial charge in [0, 0.05) is 24.8 Å². The molecule has 3 saturated carbocycles. The first-order valence-corrected chi connectivity index (χ1v) is 20.4. The van der Waals surface area contributed by atoms with Gasteiger partial charge in [0.1, 0.15) is 6.10 Å². The van der Waals surface area contributed by atoms with Crippen LogP contribution in [-0.4, -0.2) is 12.1 Å². The minimum atomic E-state index is -0.253. The first-order chi connectivity index (χ1) is 22.7. The number of unbranched alkanes of at least 4 members (excludes halogenated alkanes) is 12. The highest BCUT2D eigenvalue weighted by Crippen LogP contribution is 2.60. The zero-order valence-corrected chi connectivity index (χ0v) is 31.7. The molecule has 0 aliphatic heterocycles. The first kappa shape index (κ1) is 39.6. The summed E-state index contributed by atoms with van der Waals surface area (Å²) >= 11 is 0. The molecule has 2 heteroatoms. The smallest absolute Gasteiger partial charge is 0.306 e. The second kappa shape index (κ2) is 21.3. The first-order valence-electron chi connectivity index (χ1n) is 20.4. The molecule has 2 nitrogen and oxygen atoms in total. The van der Waals surface area contributed by atoms with Crippen molar-refractivity contribution in [2.75, 3.05) is 0 Å². The number of rotatable bonds is 21. The van der Waals surface area contributed by atoms with Crippen LogP contribution in [0.4, 0.5) is 0 Å². The molecule has 1 unspecified atom stereocenters. The molecule has 0 heterocycles. The van der Waals surface area contributed by atoms with E-state index in [9.17, 15) is 4.79 Å². The van der Waals surface area contributed by atoms with Gasteiger partial charge in [0.15, 0.2) is 0 Å². The van der Waals surface area contributed by atoms with Gasteiger partial charge in [-0.05, 0) is 78.8 Å². The van der Waals surface area contributed by atoms with Crippen LogP contribution in [0.5, 0.6) is 0 Å². The summed E-state index contributed by atoms with van der Waals surface area (Å²) in [4.78, 5) is 12.9. The van der Waals surface area contributed by atoms with E-state index in [0.29, 0.717) is 30.6 Å². The average Bonchev–Trinajstić information content (AvgIpc) is 3.40. The van der Waals surface area contributed by atoms with Crippen LogP contribution in [0.15, 0.2) is 53.3 Å². The predicted octanol–water partition coefficient (Wildman–Crippen LogP) is 14.0. The Morgan fingerprint density at radius 1 is 0.915 bits per heavy atom. The largest absolute Gasteiger partial charge is 0.457 e. The molecule has 5 atom stereocenters. The third-order valence-corrected chi connectivity index (χ3v) is 12.3. The van der Waals surface area contributed by atoms with Crippen molar-refractivity contribution < 1.29 is 9.53 Å². The fraction of sp³-hybridized carbons (Fsp3) is 0.778. The van der Waals surface area contributed by atoms with E-state index < -0.39 is 0 Å². The van der Waals surface area contributed by atoms with E-state index in [2.05, 4.69) is 65.7 Å². The van der Waals surface area contributed by atoms with Crippen molar-refractivity contribution in [3.05, 3.63) is 53.3 Å². The van der Waals surface area contributed by atoms with Gasteiger partial charge in [-0.25, -0.2) is 0 Å². The van der Waals surface area contributed by atoms with E-state index >= 15 is 0 Å². The van der Waals surface area contributed by atoms with Crippen LogP contribution in [0, 0.1) is 29.1 Å². The Labute approximate surface area is 292 Å². The maximum atomic E-state index is 12.9. The number of fused-ring (bicyclic) bond motifs is 1. The molecule has 0 radical (unpaired) electrons. The lowest BCUT2D eigenvalue weighted by molar-refractivity contribution is -0.147. The molecule has 266 valence electrons. The molecule has 0 aromatic carbocycles. The molecule has 0 N–H and O–H groups in total. The van der Waals surface area contributed by atoms with Gasteiger partial charge in [0.25, 0.3) is 0 Å². The minimum Gasteiger partial charge on any atom is -0.457 e. The fourth-order valence-electron chi connectivity index (χ4n) is 9.38. The predicted molar refractivity (Wildman–Crippen MR) is 203 cm³/mol. The zero-order valence-electron chi connectivity index (χ0n) is 31.7. The number of esters is 1. The van der Waals surface area contributed by atoms with Crippen molar-refractivity contribution in [2.24, 2.45) is 29.1 Å². The molecule has 3 fully saturated rings. The van der Waals surface area contributed by atoms with Crippen molar-refractivity contribution >= 4 is 5.97 Å². The maximum absolute atomic E-state index is 12.9. The standard InChI is InChI=1S/C45H74O2/c1-8-10-11-12-13-14-15-16-17-18-19-20-21-27-44(46)47-43-34-40(37(6)33-38(43)9-2)29-28-39-26-23-32-45(7)41(30-31-42(39)45)36(5)25-22-24-35(3)4/h28-29,35-36,41-43H,2,6,8,10-27,30-34H2,1,3-5,7H3/b39-28?,40-29-/t36-,41-,42?,43-,45-/m1/s1. The van der Waals surface area contributed by atoms with E-state index in [1.165, 1.54) is 128 Å². The van der Waals surface area contributed by atoms with E-state index in [0.717, 1.165) is 41.7 Å². The summed E-state index contributed by atoms with van der Waals surface area (Å²) in [6, 6.07) is 0. The van der Waals surface area contributed by atoms with Gasteiger partial charge in [-0.3, -0.25) is 4.79 Å². The zero-order chi connectivity index (χ0) is 34.1. The lowest BCUT2D eigenvalue weighted by Crippen LogP contribution is -2.36. The molecule has 0 amide bonds. The minimum absolute atomic E-state index is 0.0707. The summed E-state index contributed by atoms with van der Waals surface area (Å²) in [5.41, 5.74) is 8.52. The summed E-state index contributed by atoms with van der Waals surface area (Å²) in [5.74, 6) is 3.11. The van der Waals surface area contributed by atoms with Gasteiger partial charge in [0.2, 0.25) is 0 Å². The molecule has 0 aromatic heterocycles. The highest BCUT2D eigenvalue weighted by molar-refractivity contribution is 5.70. The Balaban J connectivity index is 1.44. The summed E-state index contributed by atoms with van der Waals surface area (Å²) in [6.45, 7) is 20.5. The van der Waals surface area contributed by atoms with Crippen LogP contribution >= 0.6 is 0 Å². The summed E-state index contributed by atoms with van der Waals surface area (Å²) < 4.78 is 6.06. The van der Waals surface area contributed by atoms with Gasteiger partial charge in [0.05, 0.1) is 0 Å². The molecule has 3 rings (SSSR count). The van der Waals surface area contributed by atoms with Crippen molar-refractivity contribution in [2.45, 2.75) is 195 Å². The van der Waals surface area contributed by atoms with Gasteiger partial charge >= 0.3 is 5.97 Å². The van der Waals surface area contributed by atoms with Crippen LogP contribution < -0.4 is 0 Å². The van der Waals surface area contributed by atoms with Gasteiger partial charge in [-0.15, -0.1) is 5.73 Å². The van der Waals surface area contributed by atoms with Crippen molar-refractivity contribution in [3.8, 4) is 0 Å². The summed E-state index contributed by atoms with van der Waals surface area (Å²) in [5, 5.41) is 0. The summed E-state index contributed by atoms with van der Waals surface area (Å²) in [6.07, 6.45) is 34.2. The molecule has 47 heavy (non-hydrogen) atoms. The topological polar surface area (TPSA) is 26.3 Å². The van der Waals surface area contributed by atoms with E-state index in [4.69, 9.17) is 4.74 Å². The van der Waals surface area contributed by atoms with Crippen molar-refractivity contribution in [1.82, 2.24) is 0 Å². The number of hydrogen-bond acceptors (Lipinski definition) is 2. The van der Waals surface area contributed by atoms with Crippen LogP contribution in [0.1, 0.15) is 189 Å². The van der Waals surface area contributed by atoms with E-state index in [1.807, 2.05) is 0 Å². The second-order valence-corrected chi connectivity index (χ2v) is 16.5. The normalized spacial score (nSPS) is 27.0. The third kappa shape index (κ3) is 12.9. The number of allylic oxidation sites excluding steroid dienone is 4. The Kier molecular flexibility index (Phi) is 18.0. The highest BCUT2D eigenvalue weighted by Gasteiger charge is 2.50. The van der Waals surface area contributed by atoms with Gasteiger partial charge < -0.3 is 4.74 Å². The lowest BCUT2D eigenvalue weighted by Gasteiger charge is -2.44. The van der Waals surface area contributed by atoms with E-state index in [-0.39, 0.29) is 12.1 Å². The number of hydrogen-bond donors (Lipinski definition) is 0. The third-order valence-electron chi connectivity index (χ3n) is 12.3. The van der Waals surface area contributed by atoms with Crippen LogP contribution in [0.25, 0.3) is 0 Å². The molecular formula is C45H74O2. The van der Waals surface area contributed by atoms with Crippen LogP contribution in [0.2, 0.25) is 0 Å². The van der Waals surface area contributed by atoms with Gasteiger partial charge in [-0.2, -0.15) is 0 Å². The average molecular weight is 647 g/mol. The van der Waals surface area contributed by atoms with Gasteiger partial charge in [-0.1, -0.05) is 162 Å². The van der Waals surface area contributed by atoms with E-state index in [1.54, 1.807) is 5.57 Å². The Morgan fingerprint density at radius 2 is 1.55 bits per heavy atom. The SMILES string of the molecule is C=C=C1CC(=C)/C(=C\C=C2CCC[C@@]3(C)C2CC[C@@H]3[C@H](C)CCCC(C)C)C[C@H]1OC(=O)CCCCCCCCCCCCCCC. The maximum Gasteiger partial charge on any atom is 0.306 e. The Bertz CT molecular complexity index is 1070. The number of ether oxygens (including phenoxy) is 1. The van der Waals surface area contributed by atoms with Crippen LogP contribution in [-0.2, 0) is 9.53 Å². The highest BCUT2D eigenvalue weighted by atomic mass is 16.5. The van der Waals surface area contributed by atoms with Crippen LogP contribution in [0.3, 0.4) is 0 Å². The second-order valence-electron chi connectivity index (χ2n) is 16.5. The molecular weight excluding hydrogens is 572 g/mol. The monoisotopic (exact) mass is 647 g/mol. The molecule has 0 saturated heterocycles. The Hall–Kier alpha value is -1.79. The quantitative estimate of drug-likeness (QED) is 0.0704. The molecule has 3 aliphatic carbocycles. The van der Waals surface area contributed by atoms with Crippen molar-refractivity contribution in [1.29, 1.82) is 0 Å². The number of carbonyl (C=O) groups excluding carboxylic acids is 1. The molecule has 3 aliphatic rings. The fourth-order valence-corrected chi connectivity index (χ4v) is 9.38. The molecule has 0 aromatic rings. The summed E-state index contributed by atoms with van der Waals surface area (Å²) in [7, 11) is 0. The molecule has 0 bridgehead atoms. The van der Waals surface area contributed by atoms with Crippen molar-refractivity contribution in [3.63, 3.8) is 0 Å². The molecule has 0 spiro atoms.